The Morgan fingerprint density at radius 3 is 2.42 bits per heavy atom. The van der Waals surface area contributed by atoms with Crippen LogP contribution in [0.5, 0.6) is 5.75 Å². The van der Waals surface area contributed by atoms with Crippen LogP contribution in [0.25, 0.3) is 16.9 Å². The Morgan fingerprint density at radius 2 is 1.66 bits per heavy atom. The zero-order chi connectivity index (χ0) is 26.3. The summed E-state index contributed by atoms with van der Waals surface area (Å²) in [5.41, 5.74) is 7.28. The highest BCUT2D eigenvalue weighted by Crippen LogP contribution is 2.25. The third-order valence-electron chi connectivity index (χ3n) is 5.69. The number of halogens is 2. The number of hydrogen-bond acceptors (Lipinski definition) is 4. The molecule has 1 amide bonds. The summed E-state index contributed by atoms with van der Waals surface area (Å²) >= 11 is 9.43. The van der Waals surface area contributed by atoms with E-state index in [4.69, 9.17) is 21.4 Å². The van der Waals surface area contributed by atoms with Crippen LogP contribution >= 0.6 is 27.5 Å². The first-order chi connectivity index (χ1) is 18.6. The molecule has 0 aliphatic rings. The van der Waals surface area contributed by atoms with Crippen molar-refractivity contribution in [2.24, 2.45) is 5.10 Å². The summed E-state index contributed by atoms with van der Waals surface area (Å²) in [5.74, 6) is 0.0798. The summed E-state index contributed by atoms with van der Waals surface area (Å²) in [6.45, 7) is 0.306. The molecule has 0 atom stereocenters. The van der Waals surface area contributed by atoms with E-state index in [-0.39, 0.29) is 5.91 Å². The lowest BCUT2D eigenvalue weighted by atomic mass is 10.1. The van der Waals surface area contributed by atoms with E-state index in [1.165, 1.54) is 0 Å². The van der Waals surface area contributed by atoms with Gasteiger partial charge >= 0.3 is 0 Å². The van der Waals surface area contributed by atoms with Crippen LogP contribution in [-0.4, -0.2) is 21.9 Å². The maximum absolute atomic E-state index is 13.0. The standard InChI is InChI=1S/C30H22BrClN4O2/c31-24-14-12-22(13-15-24)29-23(19-36(35-29)26-6-2-1-3-7-26)18-33-34-30(37)27-8-4-5-9-28(27)38-20-21-10-16-25(32)17-11-21/h1-19H,20H2,(H,34,37)/b33-18-. The summed E-state index contributed by atoms with van der Waals surface area (Å²) in [5, 5.41) is 9.67. The number of para-hydroxylation sites is 2. The summed E-state index contributed by atoms with van der Waals surface area (Å²) in [6.07, 6.45) is 3.48. The highest BCUT2D eigenvalue weighted by molar-refractivity contribution is 9.10. The lowest BCUT2D eigenvalue weighted by Gasteiger charge is -2.10. The first kappa shape index (κ1) is 25.4. The van der Waals surface area contributed by atoms with E-state index in [2.05, 4.69) is 26.5 Å². The number of benzene rings is 4. The molecule has 5 rings (SSSR count). The number of carbonyl (C=O) groups is 1. The van der Waals surface area contributed by atoms with Gasteiger partial charge in [-0.25, -0.2) is 10.1 Å². The predicted molar refractivity (Wildman–Crippen MR) is 154 cm³/mol. The molecular formula is C30H22BrClN4O2. The number of hydrogen-bond donors (Lipinski definition) is 1. The van der Waals surface area contributed by atoms with Crippen molar-refractivity contribution in [2.45, 2.75) is 6.61 Å². The minimum Gasteiger partial charge on any atom is -0.488 e. The van der Waals surface area contributed by atoms with Gasteiger partial charge in [0.05, 0.1) is 17.5 Å². The van der Waals surface area contributed by atoms with E-state index in [1.54, 1.807) is 41.2 Å². The summed E-state index contributed by atoms with van der Waals surface area (Å²) in [4.78, 5) is 13.0. The van der Waals surface area contributed by atoms with Gasteiger partial charge in [0, 0.05) is 26.8 Å². The highest BCUT2D eigenvalue weighted by atomic mass is 79.9. The number of ether oxygens (including phenoxy) is 1. The van der Waals surface area contributed by atoms with Crippen molar-refractivity contribution in [3.8, 4) is 22.7 Å². The van der Waals surface area contributed by atoms with Gasteiger partial charge in [-0.15, -0.1) is 0 Å². The number of nitrogens with zero attached hydrogens (tertiary/aromatic N) is 3. The normalized spacial score (nSPS) is 11.0. The molecule has 0 radical (unpaired) electrons. The molecule has 6 nitrogen and oxygen atoms in total. The van der Waals surface area contributed by atoms with Crippen molar-refractivity contribution in [2.75, 3.05) is 0 Å². The van der Waals surface area contributed by atoms with Gasteiger partial charge in [0.25, 0.3) is 5.91 Å². The zero-order valence-electron chi connectivity index (χ0n) is 20.1. The lowest BCUT2D eigenvalue weighted by molar-refractivity contribution is 0.0950. The molecule has 38 heavy (non-hydrogen) atoms. The summed E-state index contributed by atoms with van der Waals surface area (Å²) < 4.78 is 8.68. The molecule has 188 valence electrons. The molecule has 0 aliphatic carbocycles. The fourth-order valence-electron chi connectivity index (χ4n) is 3.77. The van der Waals surface area contributed by atoms with E-state index in [0.29, 0.717) is 22.9 Å². The first-order valence-corrected chi connectivity index (χ1v) is 12.9. The highest BCUT2D eigenvalue weighted by Gasteiger charge is 2.14. The molecule has 8 heteroatoms. The first-order valence-electron chi connectivity index (χ1n) is 11.8. The van der Waals surface area contributed by atoms with Crippen molar-refractivity contribution < 1.29 is 9.53 Å². The van der Waals surface area contributed by atoms with Crippen LogP contribution < -0.4 is 10.2 Å². The van der Waals surface area contributed by atoms with Gasteiger partial charge < -0.3 is 4.74 Å². The second kappa shape index (κ2) is 11.9. The van der Waals surface area contributed by atoms with Crippen molar-refractivity contribution in [1.82, 2.24) is 15.2 Å². The predicted octanol–water partition coefficient (Wildman–Crippen LogP) is 7.30. The van der Waals surface area contributed by atoms with Gasteiger partial charge in [0.2, 0.25) is 0 Å². The van der Waals surface area contributed by atoms with Crippen molar-refractivity contribution >= 4 is 39.7 Å². The molecular weight excluding hydrogens is 564 g/mol. The van der Waals surface area contributed by atoms with E-state index in [9.17, 15) is 4.79 Å². The van der Waals surface area contributed by atoms with Crippen LogP contribution in [0.1, 0.15) is 21.5 Å². The minimum atomic E-state index is -0.381. The average molecular weight is 586 g/mol. The van der Waals surface area contributed by atoms with Crippen LogP contribution in [0.3, 0.4) is 0 Å². The molecule has 0 saturated carbocycles. The zero-order valence-corrected chi connectivity index (χ0v) is 22.4. The second-order valence-corrected chi connectivity index (χ2v) is 9.68. The van der Waals surface area contributed by atoms with Crippen LogP contribution in [0, 0.1) is 0 Å². The Balaban J connectivity index is 1.35. The van der Waals surface area contributed by atoms with Gasteiger partial charge in [-0.1, -0.05) is 82.1 Å². The quantitative estimate of drug-likeness (QED) is 0.153. The van der Waals surface area contributed by atoms with Crippen LogP contribution in [0.2, 0.25) is 5.02 Å². The summed E-state index contributed by atoms with van der Waals surface area (Å²) in [7, 11) is 0. The Hall–Kier alpha value is -4.20. The van der Waals surface area contributed by atoms with Gasteiger partial charge in [0.1, 0.15) is 18.1 Å². The molecule has 1 N–H and O–H groups in total. The van der Waals surface area contributed by atoms with E-state index >= 15 is 0 Å². The second-order valence-electron chi connectivity index (χ2n) is 8.33. The SMILES string of the molecule is O=C(N/N=C\c1cn(-c2ccccc2)nc1-c1ccc(Br)cc1)c1ccccc1OCc1ccc(Cl)cc1. The van der Waals surface area contributed by atoms with Crippen molar-refractivity contribution in [1.29, 1.82) is 0 Å². The monoisotopic (exact) mass is 584 g/mol. The van der Waals surface area contributed by atoms with Gasteiger partial charge in [-0.3, -0.25) is 4.79 Å². The molecule has 0 fully saturated rings. The molecule has 0 bridgehead atoms. The third-order valence-corrected chi connectivity index (χ3v) is 6.47. The minimum absolute atomic E-state index is 0.306. The lowest BCUT2D eigenvalue weighted by Crippen LogP contribution is -2.18. The molecule has 0 unspecified atom stereocenters. The number of nitrogens with one attached hydrogen (secondary N) is 1. The fourth-order valence-corrected chi connectivity index (χ4v) is 4.16. The van der Waals surface area contributed by atoms with E-state index in [0.717, 1.165) is 32.5 Å². The van der Waals surface area contributed by atoms with Gasteiger partial charge in [-0.05, 0) is 54.1 Å². The summed E-state index contributed by atoms with van der Waals surface area (Å²) in [6, 6.07) is 32.1. The molecule has 0 aliphatic heterocycles. The fraction of sp³-hybridized carbons (Fsp3) is 0.0333. The topological polar surface area (TPSA) is 68.5 Å². The molecule has 1 aromatic heterocycles. The molecule has 0 spiro atoms. The number of rotatable bonds is 8. The van der Waals surface area contributed by atoms with E-state index in [1.807, 2.05) is 79.0 Å². The smallest absolute Gasteiger partial charge is 0.275 e. The Labute approximate surface area is 233 Å². The van der Waals surface area contributed by atoms with E-state index < -0.39 is 0 Å². The number of amides is 1. The van der Waals surface area contributed by atoms with Crippen molar-refractivity contribution in [3.63, 3.8) is 0 Å². The van der Waals surface area contributed by atoms with Crippen LogP contribution in [-0.2, 0) is 6.61 Å². The van der Waals surface area contributed by atoms with Crippen LogP contribution in [0.4, 0.5) is 0 Å². The molecule has 1 heterocycles. The maximum atomic E-state index is 13.0. The molecule has 4 aromatic carbocycles. The maximum Gasteiger partial charge on any atom is 0.275 e. The Bertz CT molecular complexity index is 1570. The molecule has 0 saturated heterocycles. The number of hydrazone groups is 1. The van der Waals surface area contributed by atoms with Crippen molar-refractivity contribution in [3.05, 3.63) is 136 Å². The number of carbonyl (C=O) groups excluding carboxylic acids is 1. The van der Waals surface area contributed by atoms with Crippen LogP contribution in [0.15, 0.2) is 119 Å². The number of aromatic nitrogens is 2. The Morgan fingerprint density at radius 1 is 0.947 bits per heavy atom. The van der Waals surface area contributed by atoms with Gasteiger partial charge in [-0.2, -0.15) is 10.2 Å². The Kier molecular flexibility index (Phi) is 7.97. The largest absolute Gasteiger partial charge is 0.488 e. The average Bonchev–Trinajstić information content (AvgIpc) is 3.38. The third kappa shape index (κ3) is 6.19. The molecule has 5 aromatic rings. The van der Waals surface area contributed by atoms with Gasteiger partial charge in [0.15, 0.2) is 0 Å².